The summed E-state index contributed by atoms with van der Waals surface area (Å²) in [6.45, 7) is 0.722. The Balaban J connectivity index is 1.42. The number of sulfone groups is 1. The number of hydrogen-bond acceptors (Lipinski definition) is 3. The van der Waals surface area contributed by atoms with Crippen molar-refractivity contribution >= 4 is 27.3 Å². The van der Waals surface area contributed by atoms with Crippen LogP contribution in [0, 0.1) is 5.82 Å². The van der Waals surface area contributed by atoms with Crippen molar-refractivity contribution in [2.75, 3.05) is 13.1 Å². The van der Waals surface area contributed by atoms with Crippen molar-refractivity contribution in [1.29, 1.82) is 0 Å². The van der Waals surface area contributed by atoms with E-state index < -0.39 is 20.9 Å². The number of amides is 1. The largest absolute Gasteiger partial charge is 0.339 e. The summed E-state index contributed by atoms with van der Waals surface area (Å²) in [7, 11) is -3.55. The van der Waals surface area contributed by atoms with Crippen LogP contribution < -0.4 is 0 Å². The molecule has 0 bridgehead atoms. The quantitative estimate of drug-likeness (QED) is 0.504. The first-order valence-electron chi connectivity index (χ1n) is 9.99. The highest BCUT2D eigenvalue weighted by Gasteiger charge is 2.33. The molecule has 31 heavy (non-hydrogen) atoms. The number of nitrogens with zero attached hydrogens (tertiary/aromatic N) is 1. The molecule has 1 aliphatic heterocycles. The maximum Gasteiger partial charge on any atom is 0.253 e. The third kappa shape index (κ3) is 4.65. The van der Waals surface area contributed by atoms with Gasteiger partial charge in [0.25, 0.3) is 5.91 Å². The normalized spacial score (nSPS) is 15.1. The van der Waals surface area contributed by atoms with Gasteiger partial charge in [-0.15, -0.1) is 0 Å². The molecule has 0 saturated carbocycles. The van der Waals surface area contributed by atoms with E-state index in [1.807, 2.05) is 36.4 Å². The minimum atomic E-state index is -3.55. The zero-order valence-corrected chi connectivity index (χ0v) is 18.2. The van der Waals surface area contributed by atoms with E-state index >= 15 is 0 Å². The average Bonchev–Trinajstić information content (AvgIpc) is 2.79. The third-order valence-electron chi connectivity index (χ3n) is 5.60. The highest BCUT2D eigenvalue weighted by Crippen LogP contribution is 2.27. The van der Waals surface area contributed by atoms with E-state index in [0.29, 0.717) is 36.5 Å². The Morgan fingerprint density at radius 1 is 0.903 bits per heavy atom. The van der Waals surface area contributed by atoms with E-state index in [1.165, 1.54) is 12.1 Å². The van der Waals surface area contributed by atoms with Crippen molar-refractivity contribution in [3.63, 3.8) is 0 Å². The number of carbonyl (C=O) groups is 1. The van der Waals surface area contributed by atoms with Crippen LogP contribution in [0.2, 0.25) is 5.02 Å². The topological polar surface area (TPSA) is 54.5 Å². The van der Waals surface area contributed by atoms with E-state index in [4.69, 9.17) is 11.6 Å². The van der Waals surface area contributed by atoms with Crippen LogP contribution in [0.5, 0.6) is 0 Å². The predicted molar refractivity (Wildman–Crippen MR) is 119 cm³/mol. The van der Waals surface area contributed by atoms with E-state index in [2.05, 4.69) is 0 Å². The summed E-state index contributed by atoms with van der Waals surface area (Å²) in [5, 5.41) is 0.0725. The van der Waals surface area contributed by atoms with Gasteiger partial charge in [-0.05, 0) is 72.5 Å². The molecular formula is C24H21ClFNO3S. The van der Waals surface area contributed by atoms with Crippen LogP contribution in [-0.4, -0.2) is 37.6 Å². The van der Waals surface area contributed by atoms with Crippen LogP contribution in [0.1, 0.15) is 23.2 Å². The zero-order chi connectivity index (χ0) is 22.0. The SMILES string of the molecule is O=C(c1ccc(-c2cccc(Cl)c2)cc1)N1CCC(S(=O)(=O)c2ccc(F)cc2)CC1. The Hall–Kier alpha value is -2.70. The van der Waals surface area contributed by atoms with Crippen molar-refractivity contribution in [1.82, 2.24) is 4.90 Å². The molecule has 3 aromatic carbocycles. The minimum absolute atomic E-state index is 0.115. The monoisotopic (exact) mass is 457 g/mol. The summed E-state index contributed by atoms with van der Waals surface area (Å²) in [6, 6.07) is 19.7. The molecular weight excluding hydrogens is 437 g/mol. The van der Waals surface area contributed by atoms with Crippen LogP contribution in [0.4, 0.5) is 4.39 Å². The highest BCUT2D eigenvalue weighted by atomic mass is 35.5. The number of piperidine rings is 1. The molecule has 0 atom stereocenters. The molecule has 0 aliphatic carbocycles. The first-order valence-corrected chi connectivity index (χ1v) is 11.9. The standard InChI is InChI=1S/C24H21ClFNO3S/c25-20-3-1-2-19(16-20)17-4-6-18(7-5-17)24(28)27-14-12-23(13-15-27)31(29,30)22-10-8-21(26)9-11-22/h1-11,16,23H,12-15H2. The van der Waals surface area contributed by atoms with Gasteiger partial charge in [0.1, 0.15) is 5.82 Å². The predicted octanol–water partition coefficient (Wildman–Crippen LogP) is 5.22. The van der Waals surface area contributed by atoms with Crippen molar-refractivity contribution in [2.45, 2.75) is 23.0 Å². The molecule has 0 radical (unpaired) electrons. The lowest BCUT2D eigenvalue weighted by atomic mass is 10.0. The van der Waals surface area contributed by atoms with Gasteiger partial charge in [0.2, 0.25) is 0 Å². The molecule has 1 amide bonds. The summed E-state index contributed by atoms with van der Waals surface area (Å²) < 4.78 is 38.7. The fraction of sp³-hybridized carbons (Fsp3) is 0.208. The van der Waals surface area contributed by atoms with E-state index in [-0.39, 0.29) is 10.8 Å². The molecule has 4 nitrogen and oxygen atoms in total. The molecule has 7 heteroatoms. The van der Waals surface area contributed by atoms with Crippen LogP contribution in [0.3, 0.4) is 0 Å². The van der Waals surface area contributed by atoms with Gasteiger partial charge in [-0.3, -0.25) is 4.79 Å². The Labute approximate surface area is 186 Å². The smallest absolute Gasteiger partial charge is 0.253 e. The molecule has 1 saturated heterocycles. The number of hydrogen-bond donors (Lipinski definition) is 0. The lowest BCUT2D eigenvalue weighted by Crippen LogP contribution is -2.42. The van der Waals surface area contributed by atoms with Crippen molar-refractivity contribution in [2.24, 2.45) is 0 Å². The van der Waals surface area contributed by atoms with Crippen molar-refractivity contribution in [3.8, 4) is 11.1 Å². The Kier molecular flexibility index (Phi) is 6.12. The molecule has 0 spiro atoms. The Bertz CT molecular complexity index is 1190. The zero-order valence-electron chi connectivity index (χ0n) is 16.7. The van der Waals surface area contributed by atoms with E-state index in [0.717, 1.165) is 23.3 Å². The molecule has 0 unspecified atom stereocenters. The molecule has 4 rings (SSSR count). The van der Waals surface area contributed by atoms with Gasteiger partial charge in [-0.25, -0.2) is 12.8 Å². The number of benzene rings is 3. The van der Waals surface area contributed by atoms with Gasteiger partial charge in [0.05, 0.1) is 10.1 Å². The van der Waals surface area contributed by atoms with Gasteiger partial charge >= 0.3 is 0 Å². The van der Waals surface area contributed by atoms with Crippen LogP contribution >= 0.6 is 11.6 Å². The van der Waals surface area contributed by atoms with Crippen molar-refractivity contribution < 1.29 is 17.6 Å². The number of rotatable bonds is 4. The Morgan fingerprint density at radius 3 is 2.16 bits per heavy atom. The summed E-state index contributed by atoms with van der Waals surface area (Å²) in [5.41, 5.74) is 2.49. The minimum Gasteiger partial charge on any atom is -0.339 e. The Morgan fingerprint density at radius 2 is 1.55 bits per heavy atom. The van der Waals surface area contributed by atoms with E-state index in [9.17, 15) is 17.6 Å². The lowest BCUT2D eigenvalue weighted by Gasteiger charge is -2.32. The number of carbonyl (C=O) groups excluding carboxylic acids is 1. The van der Waals surface area contributed by atoms with Gasteiger partial charge < -0.3 is 4.90 Å². The van der Waals surface area contributed by atoms with Gasteiger partial charge in [-0.2, -0.15) is 0 Å². The van der Waals surface area contributed by atoms with Crippen LogP contribution in [0.15, 0.2) is 77.7 Å². The van der Waals surface area contributed by atoms with E-state index in [1.54, 1.807) is 17.0 Å². The van der Waals surface area contributed by atoms with Crippen molar-refractivity contribution in [3.05, 3.63) is 89.2 Å². The highest BCUT2D eigenvalue weighted by molar-refractivity contribution is 7.92. The van der Waals surface area contributed by atoms with Gasteiger partial charge in [0, 0.05) is 23.7 Å². The summed E-state index contributed by atoms with van der Waals surface area (Å²) in [6.07, 6.45) is 0.706. The lowest BCUT2D eigenvalue weighted by molar-refractivity contribution is 0.0725. The second kappa shape index (κ2) is 8.81. The molecule has 0 N–H and O–H groups in total. The maximum absolute atomic E-state index is 13.1. The number of likely N-dealkylation sites (tertiary alicyclic amines) is 1. The first kappa shape index (κ1) is 21.5. The second-order valence-electron chi connectivity index (χ2n) is 7.58. The third-order valence-corrected chi connectivity index (χ3v) is 8.11. The number of halogens is 2. The molecule has 160 valence electrons. The second-order valence-corrected chi connectivity index (χ2v) is 10.2. The molecule has 1 heterocycles. The first-order chi connectivity index (χ1) is 14.8. The summed E-state index contributed by atoms with van der Waals surface area (Å²) >= 11 is 6.05. The van der Waals surface area contributed by atoms with Crippen LogP contribution in [-0.2, 0) is 9.84 Å². The molecule has 3 aromatic rings. The molecule has 1 fully saturated rings. The summed E-state index contributed by atoms with van der Waals surface area (Å²) in [4.78, 5) is 14.7. The maximum atomic E-state index is 13.1. The average molecular weight is 458 g/mol. The summed E-state index contributed by atoms with van der Waals surface area (Å²) in [5.74, 6) is -0.587. The van der Waals surface area contributed by atoms with Crippen LogP contribution in [0.25, 0.3) is 11.1 Å². The molecule has 0 aromatic heterocycles. The molecule has 1 aliphatic rings. The van der Waals surface area contributed by atoms with Gasteiger partial charge in [0.15, 0.2) is 9.84 Å². The van der Waals surface area contributed by atoms with Gasteiger partial charge in [-0.1, -0.05) is 35.9 Å². The fourth-order valence-electron chi connectivity index (χ4n) is 3.84. The fourth-order valence-corrected chi connectivity index (χ4v) is 5.76.